The number of aromatic nitrogens is 2. The highest BCUT2D eigenvalue weighted by Gasteiger charge is 2.28. The van der Waals surface area contributed by atoms with Crippen molar-refractivity contribution in [3.8, 4) is 5.75 Å². The zero-order valence-corrected chi connectivity index (χ0v) is 20.4. The summed E-state index contributed by atoms with van der Waals surface area (Å²) in [7, 11) is -2.52. The molecular weight excluding hydrogens is 468 g/mol. The first-order valence-corrected chi connectivity index (χ1v) is 13.1. The maximum atomic E-state index is 13.4. The van der Waals surface area contributed by atoms with Crippen LogP contribution in [0.4, 0.5) is 10.8 Å². The Labute approximate surface area is 196 Å². The molecule has 0 aliphatic carbocycles. The number of rotatable bonds is 10. The van der Waals surface area contributed by atoms with E-state index in [9.17, 15) is 13.2 Å². The van der Waals surface area contributed by atoms with Crippen LogP contribution in [0, 0.1) is 6.92 Å². The van der Waals surface area contributed by atoms with Crippen molar-refractivity contribution in [2.45, 2.75) is 29.5 Å². The molecule has 0 aliphatic rings. The van der Waals surface area contributed by atoms with E-state index in [2.05, 4.69) is 22.4 Å². The van der Waals surface area contributed by atoms with E-state index < -0.39 is 22.5 Å². The summed E-state index contributed by atoms with van der Waals surface area (Å²) in [6.45, 7) is 3.51. The zero-order chi connectivity index (χ0) is 23.1. The van der Waals surface area contributed by atoms with Crippen LogP contribution in [0.15, 0.2) is 57.8 Å². The molecular formula is C21H24N4O4S3. The zero-order valence-electron chi connectivity index (χ0n) is 17.9. The highest BCUT2D eigenvalue weighted by molar-refractivity contribution is 8.01. The summed E-state index contributed by atoms with van der Waals surface area (Å²) in [5.74, 6) is 0.862. The number of ether oxygens (including phenoxy) is 1. The van der Waals surface area contributed by atoms with Crippen LogP contribution < -0.4 is 14.4 Å². The maximum Gasteiger partial charge on any atom is 0.264 e. The van der Waals surface area contributed by atoms with Crippen molar-refractivity contribution in [1.29, 1.82) is 0 Å². The first-order chi connectivity index (χ1) is 15.3. The number of thioether (sulfide) groups is 1. The predicted octanol–water partition coefficient (Wildman–Crippen LogP) is 4.19. The van der Waals surface area contributed by atoms with Crippen molar-refractivity contribution in [2.24, 2.45) is 0 Å². The molecule has 0 saturated heterocycles. The minimum atomic E-state index is -4.01. The highest BCUT2D eigenvalue weighted by atomic mass is 32.2. The normalized spacial score (nSPS) is 11.2. The summed E-state index contributed by atoms with van der Waals surface area (Å²) in [5.41, 5.74) is 1.25. The lowest BCUT2D eigenvalue weighted by atomic mass is 10.2. The van der Waals surface area contributed by atoms with Gasteiger partial charge in [-0.25, -0.2) is 8.42 Å². The van der Waals surface area contributed by atoms with E-state index in [1.165, 1.54) is 30.6 Å². The Kier molecular flexibility index (Phi) is 8.10. The molecule has 3 rings (SSSR count). The van der Waals surface area contributed by atoms with Gasteiger partial charge >= 0.3 is 0 Å². The van der Waals surface area contributed by atoms with Crippen LogP contribution >= 0.6 is 23.1 Å². The molecule has 1 N–H and O–H groups in total. The van der Waals surface area contributed by atoms with Gasteiger partial charge < -0.3 is 4.74 Å². The van der Waals surface area contributed by atoms with E-state index in [4.69, 9.17) is 4.74 Å². The van der Waals surface area contributed by atoms with Gasteiger partial charge in [0.05, 0.1) is 17.7 Å². The van der Waals surface area contributed by atoms with E-state index in [-0.39, 0.29) is 4.90 Å². The number of anilines is 2. The second-order valence-electron chi connectivity index (χ2n) is 6.80. The summed E-state index contributed by atoms with van der Waals surface area (Å²) in [5, 5.41) is 11.0. The second-order valence-corrected chi connectivity index (χ2v) is 11.0. The summed E-state index contributed by atoms with van der Waals surface area (Å²) < 4.78 is 33.9. The molecule has 8 nitrogen and oxygen atoms in total. The number of sulfonamides is 1. The van der Waals surface area contributed by atoms with Crippen molar-refractivity contribution >= 4 is 49.8 Å². The predicted molar refractivity (Wildman–Crippen MR) is 128 cm³/mol. The minimum absolute atomic E-state index is 0.0906. The molecule has 2 aromatic carbocycles. The molecule has 170 valence electrons. The van der Waals surface area contributed by atoms with Crippen LogP contribution in [0.3, 0.4) is 0 Å². The Morgan fingerprint density at radius 3 is 2.62 bits per heavy atom. The second kappa shape index (κ2) is 10.8. The van der Waals surface area contributed by atoms with Crippen LogP contribution in [-0.4, -0.2) is 43.9 Å². The van der Waals surface area contributed by atoms with E-state index >= 15 is 0 Å². The van der Waals surface area contributed by atoms with Gasteiger partial charge in [-0.1, -0.05) is 53.8 Å². The summed E-state index contributed by atoms with van der Waals surface area (Å²) in [4.78, 5) is 12.9. The Hall–Kier alpha value is -2.63. The molecule has 0 atom stereocenters. The Bertz CT molecular complexity index is 1160. The number of nitrogens with one attached hydrogen (secondary N) is 1. The highest BCUT2D eigenvalue weighted by Crippen LogP contribution is 2.28. The third-order valence-electron chi connectivity index (χ3n) is 4.32. The largest absolute Gasteiger partial charge is 0.497 e. The van der Waals surface area contributed by atoms with Crippen LogP contribution in [-0.2, 0) is 14.8 Å². The maximum absolute atomic E-state index is 13.4. The van der Waals surface area contributed by atoms with Crippen molar-refractivity contribution < 1.29 is 17.9 Å². The van der Waals surface area contributed by atoms with Crippen LogP contribution in [0.2, 0.25) is 0 Å². The number of carbonyl (C=O) groups is 1. The van der Waals surface area contributed by atoms with Gasteiger partial charge in [-0.3, -0.25) is 14.4 Å². The quantitative estimate of drug-likeness (QED) is 0.334. The first kappa shape index (κ1) is 24.0. The average Bonchev–Trinajstić information content (AvgIpc) is 3.23. The van der Waals surface area contributed by atoms with Crippen LogP contribution in [0.25, 0.3) is 0 Å². The molecule has 11 heteroatoms. The van der Waals surface area contributed by atoms with Crippen molar-refractivity contribution in [3.63, 3.8) is 0 Å². The van der Waals surface area contributed by atoms with Gasteiger partial charge in [0.25, 0.3) is 10.0 Å². The molecule has 0 spiro atoms. The van der Waals surface area contributed by atoms with Gasteiger partial charge in [0, 0.05) is 11.8 Å². The van der Waals surface area contributed by atoms with E-state index in [0.717, 1.165) is 26.4 Å². The number of hydrogen-bond acceptors (Lipinski definition) is 8. The third kappa shape index (κ3) is 5.99. The summed E-state index contributed by atoms with van der Waals surface area (Å²) in [6.07, 6.45) is 0.998. The topological polar surface area (TPSA) is 101 Å². The number of amides is 1. The smallest absolute Gasteiger partial charge is 0.264 e. The number of nitrogens with zero attached hydrogens (tertiary/aromatic N) is 3. The van der Waals surface area contributed by atoms with Gasteiger partial charge in [-0.15, -0.1) is 10.2 Å². The Balaban J connectivity index is 1.87. The molecule has 0 unspecified atom stereocenters. The lowest BCUT2D eigenvalue weighted by Gasteiger charge is -2.24. The molecule has 1 aromatic heterocycles. The molecule has 0 fully saturated rings. The van der Waals surface area contributed by atoms with Gasteiger partial charge in [-0.2, -0.15) is 0 Å². The fraction of sp³-hybridized carbons (Fsp3) is 0.286. The molecule has 32 heavy (non-hydrogen) atoms. The average molecular weight is 493 g/mol. The third-order valence-corrected chi connectivity index (χ3v) is 8.29. The van der Waals surface area contributed by atoms with Gasteiger partial charge in [0.1, 0.15) is 12.3 Å². The van der Waals surface area contributed by atoms with E-state index in [1.54, 1.807) is 48.2 Å². The summed E-state index contributed by atoms with van der Waals surface area (Å²) in [6, 6.07) is 13.1. The number of benzene rings is 2. The molecule has 0 radical (unpaired) electrons. The SMILES string of the molecule is CCCSc1nnc(NC(=O)CN(c2cccc(OC)c2)S(=O)(=O)c2ccc(C)cc2)s1. The number of aryl methyl sites for hydroxylation is 1. The van der Waals surface area contributed by atoms with Crippen molar-refractivity contribution in [3.05, 3.63) is 54.1 Å². The molecule has 3 aromatic rings. The van der Waals surface area contributed by atoms with Gasteiger partial charge in [0.15, 0.2) is 4.34 Å². The number of hydrogen-bond donors (Lipinski definition) is 1. The fourth-order valence-electron chi connectivity index (χ4n) is 2.72. The van der Waals surface area contributed by atoms with Gasteiger partial charge in [-0.05, 0) is 37.6 Å². The van der Waals surface area contributed by atoms with E-state index in [1.807, 2.05) is 6.92 Å². The van der Waals surface area contributed by atoms with Crippen LogP contribution in [0.5, 0.6) is 5.75 Å². The van der Waals surface area contributed by atoms with Crippen molar-refractivity contribution in [2.75, 3.05) is 29.0 Å². The molecule has 1 heterocycles. The fourth-order valence-corrected chi connectivity index (χ4v) is 5.82. The first-order valence-electron chi connectivity index (χ1n) is 9.83. The lowest BCUT2D eigenvalue weighted by Crippen LogP contribution is -2.38. The number of methoxy groups -OCH3 is 1. The molecule has 0 aliphatic heterocycles. The standard InChI is InChI=1S/C21H24N4O4S3/c1-4-12-30-21-24-23-20(31-21)22-19(26)14-25(16-6-5-7-17(13-16)29-3)32(27,28)18-10-8-15(2)9-11-18/h5-11,13H,4,12,14H2,1-3H3,(H,22,23,26). The Morgan fingerprint density at radius 2 is 1.94 bits per heavy atom. The lowest BCUT2D eigenvalue weighted by molar-refractivity contribution is -0.114. The minimum Gasteiger partial charge on any atom is -0.497 e. The van der Waals surface area contributed by atoms with Crippen LogP contribution in [0.1, 0.15) is 18.9 Å². The monoisotopic (exact) mass is 492 g/mol. The molecule has 1 amide bonds. The molecule has 0 saturated carbocycles. The number of carbonyl (C=O) groups excluding carboxylic acids is 1. The Morgan fingerprint density at radius 1 is 1.19 bits per heavy atom. The van der Waals surface area contributed by atoms with Crippen molar-refractivity contribution in [1.82, 2.24) is 10.2 Å². The van der Waals surface area contributed by atoms with E-state index in [0.29, 0.717) is 16.6 Å². The van der Waals surface area contributed by atoms with Gasteiger partial charge in [0.2, 0.25) is 11.0 Å². The summed E-state index contributed by atoms with van der Waals surface area (Å²) >= 11 is 2.82. The molecule has 0 bridgehead atoms.